The lowest BCUT2D eigenvalue weighted by Gasteiger charge is -2.33. The molecule has 0 saturated heterocycles. The zero-order valence-electron chi connectivity index (χ0n) is 12.2. The Labute approximate surface area is 133 Å². The van der Waals surface area contributed by atoms with Gasteiger partial charge in [-0.1, -0.05) is 0 Å². The number of hydrogen-bond donors (Lipinski definition) is 0. The molecule has 8 heteroatoms. The molecule has 1 aliphatic heterocycles. The lowest BCUT2D eigenvalue weighted by Crippen LogP contribution is -2.40. The molecule has 2 aromatic heterocycles. The predicted molar refractivity (Wildman–Crippen MR) is 82.4 cm³/mol. The summed E-state index contributed by atoms with van der Waals surface area (Å²) in [4.78, 5) is 11.9. The van der Waals surface area contributed by atoms with Gasteiger partial charge in [0.25, 0.3) is 0 Å². The van der Waals surface area contributed by atoms with Gasteiger partial charge in [0, 0.05) is 25.0 Å². The molecular formula is C14H16N2O4S2. The summed E-state index contributed by atoms with van der Waals surface area (Å²) >= 11 is 1.08. The first-order valence-electron chi connectivity index (χ1n) is 6.79. The average Bonchev–Trinajstić information content (AvgIpc) is 3.15. The highest BCUT2D eigenvalue weighted by Gasteiger charge is 2.36. The second-order valence-corrected chi connectivity index (χ2v) is 7.80. The van der Waals surface area contributed by atoms with E-state index in [1.54, 1.807) is 5.38 Å². The van der Waals surface area contributed by atoms with Gasteiger partial charge < -0.3 is 9.30 Å². The van der Waals surface area contributed by atoms with Crippen molar-refractivity contribution in [1.29, 1.82) is 0 Å². The van der Waals surface area contributed by atoms with Gasteiger partial charge in [0.15, 0.2) is 0 Å². The molecule has 0 bridgehead atoms. The summed E-state index contributed by atoms with van der Waals surface area (Å²) in [6.07, 6.45) is 1.94. The molecule has 0 saturated carbocycles. The van der Waals surface area contributed by atoms with Crippen molar-refractivity contribution in [2.24, 2.45) is 0 Å². The fraction of sp³-hybridized carbons (Fsp3) is 0.357. The first-order chi connectivity index (χ1) is 10.5. The number of nitrogens with zero attached hydrogens (tertiary/aromatic N) is 2. The second kappa shape index (κ2) is 5.53. The molecule has 6 nitrogen and oxygen atoms in total. The number of rotatable bonds is 3. The highest BCUT2D eigenvalue weighted by molar-refractivity contribution is 7.89. The number of esters is 1. The Morgan fingerprint density at radius 3 is 2.86 bits per heavy atom. The van der Waals surface area contributed by atoms with Crippen molar-refractivity contribution >= 4 is 27.3 Å². The summed E-state index contributed by atoms with van der Waals surface area (Å²) in [6, 6.07) is 5.01. The van der Waals surface area contributed by atoms with Crippen LogP contribution in [0.15, 0.2) is 34.7 Å². The van der Waals surface area contributed by atoms with Crippen molar-refractivity contribution in [3.63, 3.8) is 0 Å². The van der Waals surface area contributed by atoms with E-state index in [1.165, 1.54) is 17.5 Å². The van der Waals surface area contributed by atoms with Crippen LogP contribution in [-0.4, -0.2) is 36.9 Å². The summed E-state index contributed by atoms with van der Waals surface area (Å²) < 4.78 is 34.1. The number of thiophene rings is 1. The Kier molecular flexibility index (Phi) is 3.84. The van der Waals surface area contributed by atoms with E-state index in [2.05, 4.69) is 4.74 Å². The Morgan fingerprint density at radius 1 is 1.36 bits per heavy atom. The van der Waals surface area contributed by atoms with Crippen LogP contribution in [0.3, 0.4) is 0 Å². The van der Waals surface area contributed by atoms with Gasteiger partial charge in [-0.3, -0.25) is 0 Å². The molecule has 0 fully saturated rings. The van der Waals surface area contributed by atoms with Crippen molar-refractivity contribution < 1.29 is 17.9 Å². The molecule has 3 rings (SSSR count). The number of sulfonamides is 1. The van der Waals surface area contributed by atoms with Crippen LogP contribution < -0.4 is 0 Å². The molecule has 0 radical (unpaired) electrons. The van der Waals surface area contributed by atoms with Crippen LogP contribution in [0.5, 0.6) is 0 Å². The zero-order valence-corrected chi connectivity index (χ0v) is 13.9. The highest BCUT2D eigenvalue weighted by Crippen LogP contribution is 2.33. The van der Waals surface area contributed by atoms with Crippen molar-refractivity contribution in [2.75, 3.05) is 13.7 Å². The maximum Gasteiger partial charge on any atom is 0.349 e. The van der Waals surface area contributed by atoms with Crippen LogP contribution in [0, 0.1) is 0 Å². The summed E-state index contributed by atoms with van der Waals surface area (Å²) in [7, 11) is -2.50. The molecular weight excluding hydrogens is 324 g/mol. The summed E-state index contributed by atoms with van der Waals surface area (Å²) in [5, 5.41) is 1.59. The Balaban J connectivity index is 2.01. The standard InChI is InChI=1S/C14H16N2O4S2/c1-10-11-4-3-6-15(11)7-8-16(10)22(18,19)12-5-9-21-13(12)14(17)20-2/h3-6,9-10H,7-8H2,1-2H3. The minimum absolute atomic E-state index is 0.0243. The van der Waals surface area contributed by atoms with Crippen molar-refractivity contribution in [2.45, 2.75) is 24.4 Å². The largest absolute Gasteiger partial charge is 0.465 e. The van der Waals surface area contributed by atoms with E-state index in [0.29, 0.717) is 13.1 Å². The molecule has 0 amide bonds. The third kappa shape index (κ3) is 2.27. The smallest absolute Gasteiger partial charge is 0.349 e. The average molecular weight is 340 g/mol. The highest BCUT2D eigenvalue weighted by atomic mass is 32.2. The normalized spacial score (nSPS) is 18.9. The van der Waals surface area contributed by atoms with Gasteiger partial charge in [-0.25, -0.2) is 13.2 Å². The number of fused-ring (bicyclic) bond motifs is 1. The molecule has 118 valence electrons. The molecule has 1 atom stereocenters. The third-order valence-electron chi connectivity index (χ3n) is 3.87. The lowest BCUT2D eigenvalue weighted by molar-refractivity contribution is 0.0602. The SMILES string of the molecule is COC(=O)c1sccc1S(=O)(=O)N1CCn2cccc2C1C. The van der Waals surface area contributed by atoms with Gasteiger partial charge in [-0.05, 0) is 30.5 Å². The molecule has 2 aromatic rings. The van der Waals surface area contributed by atoms with Crippen molar-refractivity contribution in [1.82, 2.24) is 8.87 Å². The van der Waals surface area contributed by atoms with Gasteiger partial charge >= 0.3 is 5.97 Å². The fourth-order valence-electron chi connectivity index (χ4n) is 2.75. The van der Waals surface area contributed by atoms with E-state index in [0.717, 1.165) is 17.0 Å². The van der Waals surface area contributed by atoms with Gasteiger partial charge in [-0.15, -0.1) is 11.3 Å². The molecule has 1 unspecified atom stereocenters. The Hall–Kier alpha value is -1.64. The topological polar surface area (TPSA) is 68.6 Å². The van der Waals surface area contributed by atoms with Gasteiger partial charge in [0.1, 0.15) is 9.77 Å². The lowest BCUT2D eigenvalue weighted by atomic mass is 10.2. The molecule has 0 N–H and O–H groups in total. The molecule has 0 aromatic carbocycles. The number of aromatic nitrogens is 1. The fourth-order valence-corrected chi connectivity index (χ4v) is 5.66. The van der Waals surface area contributed by atoms with E-state index < -0.39 is 16.0 Å². The minimum atomic E-state index is -3.74. The van der Waals surface area contributed by atoms with E-state index >= 15 is 0 Å². The Morgan fingerprint density at radius 2 is 2.14 bits per heavy atom. The van der Waals surface area contributed by atoms with Gasteiger partial charge in [-0.2, -0.15) is 4.31 Å². The van der Waals surface area contributed by atoms with Crippen LogP contribution in [0.1, 0.15) is 28.3 Å². The maximum atomic E-state index is 12.9. The van der Waals surface area contributed by atoms with Crippen molar-refractivity contribution in [3.8, 4) is 0 Å². The molecule has 3 heterocycles. The molecule has 0 aliphatic carbocycles. The second-order valence-electron chi connectivity index (χ2n) is 5.02. The first kappa shape index (κ1) is 15.3. The van der Waals surface area contributed by atoms with E-state index in [1.807, 2.05) is 29.8 Å². The molecule has 22 heavy (non-hydrogen) atoms. The number of carbonyl (C=O) groups is 1. The summed E-state index contributed by atoms with van der Waals surface area (Å²) in [5.74, 6) is -0.624. The quantitative estimate of drug-likeness (QED) is 0.803. The first-order valence-corrected chi connectivity index (χ1v) is 9.11. The Bertz CT molecular complexity index is 806. The maximum absolute atomic E-state index is 12.9. The number of ether oxygens (including phenoxy) is 1. The van der Waals surface area contributed by atoms with E-state index in [-0.39, 0.29) is 15.8 Å². The summed E-state index contributed by atoms with van der Waals surface area (Å²) in [5.41, 5.74) is 0.949. The van der Waals surface area contributed by atoms with Crippen LogP contribution in [0.2, 0.25) is 0 Å². The number of hydrogen-bond acceptors (Lipinski definition) is 5. The minimum Gasteiger partial charge on any atom is -0.465 e. The van der Waals surface area contributed by atoms with Crippen molar-refractivity contribution in [3.05, 3.63) is 40.3 Å². The van der Waals surface area contributed by atoms with E-state index in [4.69, 9.17) is 0 Å². The van der Waals surface area contributed by atoms with Gasteiger partial charge in [0.05, 0.1) is 13.2 Å². The predicted octanol–water partition coefficient (Wildman–Crippen LogP) is 2.10. The molecule has 1 aliphatic rings. The third-order valence-corrected chi connectivity index (χ3v) is 6.91. The number of carbonyl (C=O) groups excluding carboxylic acids is 1. The van der Waals surface area contributed by atoms with Gasteiger partial charge in [0.2, 0.25) is 10.0 Å². The van der Waals surface area contributed by atoms with E-state index in [9.17, 15) is 13.2 Å². The summed E-state index contributed by atoms with van der Waals surface area (Å²) in [6.45, 7) is 2.83. The van der Waals surface area contributed by atoms with Crippen LogP contribution >= 0.6 is 11.3 Å². The van der Waals surface area contributed by atoms with Crippen LogP contribution in [-0.2, 0) is 21.3 Å². The monoisotopic (exact) mass is 340 g/mol. The van der Waals surface area contributed by atoms with Crippen LogP contribution in [0.25, 0.3) is 0 Å². The zero-order chi connectivity index (χ0) is 15.9. The van der Waals surface area contributed by atoms with Crippen LogP contribution in [0.4, 0.5) is 0 Å². The number of methoxy groups -OCH3 is 1. The molecule has 0 spiro atoms.